The number of benzene rings is 1. The molecule has 0 saturated carbocycles. The van der Waals surface area contributed by atoms with Crippen molar-refractivity contribution in [3.63, 3.8) is 0 Å². The number of Topliss-reactive ketones (excluding diaryl/α,β-unsaturated/α-hetero) is 2. The molecule has 2 aliphatic heterocycles. The summed E-state index contributed by atoms with van der Waals surface area (Å²) < 4.78 is 31.9. The fourth-order valence-electron chi connectivity index (χ4n) is 8.70. The van der Waals surface area contributed by atoms with Crippen LogP contribution in [0.15, 0.2) is 65.4 Å². The van der Waals surface area contributed by atoms with E-state index in [-0.39, 0.29) is 59.4 Å². The number of amides is 1. The van der Waals surface area contributed by atoms with Crippen LogP contribution in [0.3, 0.4) is 0 Å². The summed E-state index contributed by atoms with van der Waals surface area (Å²) in [6.07, 6.45) is 2.20. The van der Waals surface area contributed by atoms with Gasteiger partial charge in [-0.05, 0) is 88.3 Å². The second-order valence-corrected chi connectivity index (χ2v) is 20.1. The Bertz CT molecular complexity index is 2530. The minimum Gasteiger partial charge on any atom is -0.508 e. The van der Waals surface area contributed by atoms with Crippen LogP contribution < -0.4 is 10.6 Å². The third-order valence-electron chi connectivity index (χ3n) is 12.1. The third kappa shape index (κ3) is 9.99. The van der Waals surface area contributed by atoms with Crippen molar-refractivity contribution in [3.05, 3.63) is 71.1 Å². The SMILES string of the molecule is COC(=O)NC1C(=O)C[C@H](O)/C(=C/CS(C)=S)C2=C1C#C/C=C\C#C[C@@H]2OC1OC(C)C(C)(C(=O)c2nccc3c2[nH]c2ccc(O)cc23)CC1OC1CCC(NC(C)C)C(C)O1. The van der Waals surface area contributed by atoms with E-state index >= 15 is 4.79 Å². The largest absolute Gasteiger partial charge is 0.508 e. The first-order chi connectivity index (χ1) is 30.1. The molecule has 0 radical (unpaired) electrons. The van der Waals surface area contributed by atoms with E-state index in [1.165, 1.54) is 13.2 Å². The maximum absolute atomic E-state index is 15.0. The standard InChI is InChI=1S/C47H54N4O10S2/c1-25(2)49-33-16-17-39(58-26(33)3)60-38-24-47(5,44(55)43-42-29(18-20-48-43)32-22-28(52)14-15-34(32)50-42)27(4)59-45(38)61-37-13-11-9-8-10-12-31-40(37)30(19-21-63(7)62)35(53)23-36(54)41(31)51-46(56)57-6/h8-9,14-15,18-20,22,25-27,33,35,37-39,41,45,49-50,52-53H,16-17,21,23-24H2,1-7H3,(H,51,56)/b9-8-,30-19-/t26?,27?,33?,35-,37-,38?,39?,41?,45?,47?,63?/m0/s1. The monoisotopic (exact) mass is 898 g/mol. The minimum atomic E-state index is -1.32. The molecule has 0 spiro atoms. The fourth-order valence-corrected chi connectivity index (χ4v) is 9.32. The number of H-pyrrole nitrogens is 1. The van der Waals surface area contributed by atoms with Gasteiger partial charge < -0.3 is 49.5 Å². The van der Waals surface area contributed by atoms with Gasteiger partial charge in [0, 0.05) is 57.9 Å². The number of alkyl carbamates (subject to hydrolysis) is 1. The molecule has 2 fully saturated rings. The van der Waals surface area contributed by atoms with Gasteiger partial charge in [0.1, 0.15) is 29.7 Å². The van der Waals surface area contributed by atoms with Gasteiger partial charge in [0.05, 0.1) is 36.4 Å². The number of aromatic nitrogens is 2. The van der Waals surface area contributed by atoms with E-state index in [2.05, 4.69) is 58.1 Å². The Hall–Kier alpha value is -4.75. The first-order valence-corrected chi connectivity index (χ1v) is 23.8. The molecule has 9 unspecified atom stereocenters. The summed E-state index contributed by atoms with van der Waals surface area (Å²) >= 11 is 5.54. The molecule has 0 bridgehead atoms. The zero-order chi connectivity index (χ0) is 45.2. The molecule has 63 heavy (non-hydrogen) atoms. The van der Waals surface area contributed by atoms with Crippen molar-refractivity contribution in [2.75, 3.05) is 19.1 Å². The first kappa shape index (κ1) is 46.2. The number of rotatable bonds is 11. The highest BCUT2D eigenvalue weighted by Crippen LogP contribution is 2.44. The highest BCUT2D eigenvalue weighted by Gasteiger charge is 2.52. The van der Waals surface area contributed by atoms with Gasteiger partial charge in [-0.2, -0.15) is 0 Å². The van der Waals surface area contributed by atoms with Gasteiger partial charge in [-0.3, -0.25) is 14.6 Å². The molecule has 2 aromatic heterocycles. The van der Waals surface area contributed by atoms with Gasteiger partial charge in [0.15, 0.2) is 24.1 Å². The summed E-state index contributed by atoms with van der Waals surface area (Å²) in [5.74, 6) is 11.8. The van der Waals surface area contributed by atoms with Gasteiger partial charge in [-0.1, -0.05) is 54.8 Å². The van der Waals surface area contributed by atoms with Crippen molar-refractivity contribution in [3.8, 4) is 29.4 Å². The summed E-state index contributed by atoms with van der Waals surface area (Å²) in [5.41, 5.74) is 1.04. The number of carbonyl (C=O) groups excluding carboxylic acids is 3. The molecule has 5 N–H and O–H groups in total. The zero-order valence-electron chi connectivity index (χ0n) is 36.4. The number of phenols is 1. The van der Waals surface area contributed by atoms with E-state index < -0.39 is 69.8 Å². The van der Waals surface area contributed by atoms with E-state index in [9.17, 15) is 19.8 Å². The molecule has 1 amide bonds. The Labute approximate surface area is 374 Å². The van der Waals surface area contributed by atoms with Crippen LogP contribution in [-0.2, 0) is 49.1 Å². The lowest BCUT2D eigenvalue weighted by molar-refractivity contribution is -0.314. The minimum absolute atomic E-state index is 0.0969. The number of ether oxygens (including phenoxy) is 5. The summed E-state index contributed by atoms with van der Waals surface area (Å²) in [5, 5.41) is 29.7. The molecule has 7 rings (SSSR count). The van der Waals surface area contributed by atoms with Gasteiger partial charge in [-0.25, -0.2) is 4.79 Å². The van der Waals surface area contributed by atoms with Gasteiger partial charge >= 0.3 is 6.09 Å². The summed E-state index contributed by atoms with van der Waals surface area (Å²) in [4.78, 5) is 49.5. The second-order valence-electron chi connectivity index (χ2n) is 16.9. The van der Waals surface area contributed by atoms with Gasteiger partial charge in [0.2, 0.25) is 0 Å². The number of allylic oxidation sites excluding steroid dienone is 2. The Morgan fingerprint density at radius 3 is 2.65 bits per heavy atom. The number of aliphatic hydroxyl groups excluding tert-OH is 1. The molecule has 334 valence electrons. The Morgan fingerprint density at radius 2 is 1.92 bits per heavy atom. The van der Waals surface area contributed by atoms with Crippen molar-refractivity contribution in [1.82, 2.24) is 20.6 Å². The van der Waals surface area contributed by atoms with Crippen LogP contribution >= 0.6 is 0 Å². The number of pyridine rings is 1. The van der Waals surface area contributed by atoms with E-state index in [0.717, 1.165) is 22.7 Å². The molecule has 4 aliphatic rings. The Balaban J connectivity index is 1.31. The number of nitrogens with one attached hydrogen (secondary N) is 3. The van der Waals surface area contributed by atoms with Crippen molar-refractivity contribution in [2.45, 2.75) is 122 Å². The topological polar surface area (TPSA) is 191 Å². The van der Waals surface area contributed by atoms with E-state index in [1.54, 1.807) is 49.5 Å². The van der Waals surface area contributed by atoms with Crippen LogP contribution in [0.1, 0.15) is 70.8 Å². The summed E-state index contributed by atoms with van der Waals surface area (Å²) in [7, 11) is 0.673. The summed E-state index contributed by atoms with van der Waals surface area (Å²) in [6.45, 7) is 9.79. The first-order valence-electron chi connectivity index (χ1n) is 21.1. The Kier molecular flexibility index (Phi) is 14.4. The average molecular weight is 899 g/mol. The quantitative estimate of drug-likeness (QED) is 0.128. The molecule has 1 aromatic carbocycles. The van der Waals surface area contributed by atoms with Gasteiger partial charge in [-0.15, -0.1) is 9.45 Å². The molecular weight excluding hydrogens is 845 g/mol. The van der Waals surface area contributed by atoms with Crippen molar-refractivity contribution in [2.24, 2.45) is 5.41 Å². The lowest BCUT2D eigenvalue weighted by atomic mass is 9.72. The van der Waals surface area contributed by atoms with Crippen molar-refractivity contribution >= 4 is 60.1 Å². The molecule has 2 aliphatic carbocycles. The zero-order valence-corrected chi connectivity index (χ0v) is 38.0. The predicted octanol–water partition coefficient (Wildman–Crippen LogP) is 4.98. The number of aliphatic hydroxyl groups is 1. The molecule has 4 heterocycles. The van der Waals surface area contributed by atoms with Crippen LogP contribution in [0.2, 0.25) is 0 Å². The van der Waals surface area contributed by atoms with Crippen LogP contribution in [0, 0.1) is 29.1 Å². The molecule has 2 saturated heterocycles. The Morgan fingerprint density at radius 1 is 1.14 bits per heavy atom. The van der Waals surface area contributed by atoms with Crippen LogP contribution in [-0.4, -0.2) is 118 Å². The lowest BCUT2D eigenvalue weighted by Crippen LogP contribution is -2.56. The van der Waals surface area contributed by atoms with Gasteiger partial charge in [0.25, 0.3) is 0 Å². The number of hydrogen-bond acceptors (Lipinski definition) is 13. The third-order valence-corrected chi connectivity index (χ3v) is 13.1. The number of fused-ring (bicyclic) bond motifs is 3. The fraction of sp³-hybridized carbons (Fsp3) is 0.489. The smallest absolute Gasteiger partial charge is 0.407 e. The molecule has 16 heteroatoms. The number of hydrogen-bond donors (Lipinski definition) is 5. The highest BCUT2D eigenvalue weighted by molar-refractivity contribution is 8.28. The predicted molar refractivity (Wildman–Crippen MR) is 242 cm³/mol. The average Bonchev–Trinajstić information content (AvgIpc) is 3.61. The van der Waals surface area contributed by atoms with Crippen LogP contribution in [0.4, 0.5) is 4.79 Å². The van der Waals surface area contributed by atoms with Crippen molar-refractivity contribution < 1.29 is 48.3 Å². The van der Waals surface area contributed by atoms with E-state index in [4.69, 9.17) is 34.9 Å². The number of ketones is 2. The maximum atomic E-state index is 15.0. The van der Waals surface area contributed by atoms with E-state index in [0.29, 0.717) is 23.3 Å². The molecular formula is C47H54N4O10S2. The van der Waals surface area contributed by atoms with Crippen LogP contribution in [0.25, 0.3) is 21.8 Å². The molecule has 14 nitrogen and oxygen atoms in total. The number of aromatic amines is 1. The second kappa shape index (κ2) is 19.6. The van der Waals surface area contributed by atoms with Crippen molar-refractivity contribution in [1.29, 1.82) is 0 Å². The highest BCUT2D eigenvalue weighted by atomic mass is 32.8. The lowest BCUT2D eigenvalue weighted by Gasteiger charge is -2.47. The molecule has 3 aromatic rings. The molecule has 11 atom stereocenters. The summed E-state index contributed by atoms with van der Waals surface area (Å²) in [6, 6.07) is 5.82. The number of phenolic OH excluding ortho intramolecular Hbond substituents is 1. The normalized spacial score (nSPS) is 31.4. The number of methoxy groups -OCH3 is 1. The number of nitrogens with zero attached hydrogens (tertiary/aromatic N) is 1. The van der Waals surface area contributed by atoms with Crippen LogP contribution in [0.5, 0.6) is 5.75 Å². The maximum Gasteiger partial charge on any atom is 0.407 e. The number of aromatic hydroxyl groups is 1. The number of carbonyl (C=O) groups is 3. The van der Waals surface area contributed by atoms with E-state index in [1.807, 2.05) is 20.1 Å².